The molecule has 0 amide bonds. The smallest absolute Gasteiger partial charge is 0.489 e. The first kappa shape index (κ1) is 12.4. The molecule has 0 aromatic heterocycles. The highest BCUT2D eigenvalue weighted by Gasteiger charge is 2.45. The lowest BCUT2D eigenvalue weighted by Crippen LogP contribution is -2.43. The van der Waals surface area contributed by atoms with Crippen LogP contribution in [0.1, 0.15) is 11.1 Å². The Labute approximate surface area is 129 Å². The van der Waals surface area contributed by atoms with Crippen LogP contribution in [0, 0.1) is 11.3 Å². The molecule has 5 nitrogen and oxygen atoms in total. The topological polar surface area (TPSA) is 60.7 Å². The Morgan fingerprint density at radius 1 is 1.14 bits per heavy atom. The number of hydrogen-bond donors (Lipinski definition) is 0. The van der Waals surface area contributed by atoms with E-state index in [2.05, 4.69) is 22.0 Å². The Balaban J connectivity index is 1.75. The summed E-state index contributed by atoms with van der Waals surface area (Å²) < 4.78 is 22.4. The van der Waals surface area contributed by atoms with Crippen molar-refractivity contribution in [3.05, 3.63) is 41.5 Å². The fourth-order valence-electron chi connectivity index (χ4n) is 2.26. The summed E-state index contributed by atoms with van der Waals surface area (Å²) in [6, 6.07) is 10.7. The van der Waals surface area contributed by atoms with Crippen LogP contribution in [0.4, 0.5) is 0 Å². The number of hydrogen-bond acceptors (Lipinski definition) is 5. The lowest BCUT2D eigenvalue weighted by molar-refractivity contribution is 0.247. The van der Waals surface area contributed by atoms with Gasteiger partial charge in [0.1, 0.15) is 11.5 Å². The Bertz CT molecular complexity index is 772. The van der Waals surface area contributed by atoms with Gasteiger partial charge in [0.05, 0.1) is 11.6 Å². The van der Waals surface area contributed by atoms with Gasteiger partial charge in [-0.05, 0) is 24.3 Å². The second kappa shape index (κ2) is 4.60. The summed E-state index contributed by atoms with van der Waals surface area (Å²) >= 11 is 3.42. The van der Waals surface area contributed by atoms with Crippen LogP contribution in [0.3, 0.4) is 0 Å². The Morgan fingerprint density at radius 2 is 1.90 bits per heavy atom. The number of halogens is 1. The van der Waals surface area contributed by atoms with E-state index in [1.54, 1.807) is 30.3 Å². The van der Waals surface area contributed by atoms with Crippen LogP contribution in [0.15, 0.2) is 30.3 Å². The second-order valence-corrected chi connectivity index (χ2v) is 5.08. The van der Waals surface area contributed by atoms with Gasteiger partial charge in [-0.3, -0.25) is 0 Å². The molecule has 7 heteroatoms. The summed E-state index contributed by atoms with van der Waals surface area (Å²) in [4.78, 5) is 0. The van der Waals surface area contributed by atoms with Crippen LogP contribution in [0.2, 0.25) is 0 Å². The fourth-order valence-corrected chi connectivity index (χ4v) is 2.80. The maximum Gasteiger partial charge on any atom is 0.864 e. The third-order valence-electron chi connectivity index (χ3n) is 3.26. The number of rotatable bonds is 3. The molecule has 0 radical (unpaired) electrons. The number of nitrogens with zero attached hydrogens (tertiary/aromatic N) is 1. The van der Waals surface area contributed by atoms with E-state index < -0.39 is 7.32 Å². The molecule has 0 fully saturated rings. The molecular weight excluding hydrogens is 337 g/mol. The molecule has 0 saturated carbocycles. The highest BCUT2D eigenvalue weighted by atomic mass is 79.9. The zero-order valence-corrected chi connectivity index (χ0v) is 12.2. The van der Waals surface area contributed by atoms with Gasteiger partial charge >= 0.3 is 7.32 Å². The molecule has 3 aliphatic heterocycles. The predicted molar refractivity (Wildman–Crippen MR) is 77.9 cm³/mol. The summed E-state index contributed by atoms with van der Waals surface area (Å²) in [6.07, 6.45) is 0. The normalized spacial score (nSPS) is 13.2. The quantitative estimate of drug-likeness (QED) is 0.631. The molecule has 4 bridgehead atoms. The second-order valence-electron chi connectivity index (χ2n) is 4.52. The third kappa shape index (κ3) is 1.91. The van der Waals surface area contributed by atoms with E-state index in [0.29, 0.717) is 33.9 Å². The highest BCUT2D eigenvalue weighted by Crippen LogP contribution is 2.53. The van der Waals surface area contributed by atoms with Gasteiger partial charge in [-0.15, -0.1) is 0 Å². The number of nitriles is 1. The van der Waals surface area contributed by atoms with E-state index >= 15 is 0 Å². The number of ether oxygens (including phenoxy) is 1. The van der Waals surface area contributed by atoms with Crippen LogP contribution < -0.4 is 18.7 Å². The van der Waals surface area contributed by atoms with Crippen molar-refractivity contribution in [2.45, 2.75) is 5.33 Å². The Kier molecular flexibility index (Phi) is 2.72. The minimum absolute atomic E-state index is 0.525. The van der Waals surface area contributed by atoms with Gasteiger partial charge in [0, 0.05) is 17.0 Å². The SMILES string of the molecule is N#Cc1ccc(Oc2c3cc4c(CBr)c2OB(O4)O3)cc1. The molecule has 102 valence electrons. The van der Waals surface area contributed by atoms with Crippen LogP contribution in [0.25, 0.3) is 0 Å². The van der Waals surface area contributed by atoms with Crippen molar-refractivity contribution >= 4 is 23.3 Å². The van der Waals surface area contributed by atoms with Gasteiger partial charge < -0.3 is 18.7 Å². The first-order valence-corrected chi connectivity index (χ1v) is 7.34. The van der Waals surface area contributed by atoms with Crippen LogP contribution >= 0.6 is 15.9 Å². The molecule has 3 aliphatic rings. The zero-order chi connectivity index (χ0) is 14.4. The standard InChI is InChI=1S/C14H7BBrNO4/c16-6-10-11-5-12-14(13(10)21-15(19-11)20-12)18-9-3-1-8(7-17)2-4-9/h1-5H,6H2. The average molecular weight is 344 g/mol. The molecule has 5 rings (SSSR count). The predicted octanol–water partition coefficient (Wildman–Crippen LogP) is 3.39. The van der Waals surface area contributed by atoms with Gasteiger partial charge in [-0.2, -0.15) is 5.26 Å². The molecule has 0 N–H and O–H groups in total. The summed E-state index contributed by atoms with van der Waals surface area (Å²) in [5.74, 6) is 3.10. The summed E-state index contributed by atoms with van der Waals surface area (Å²) in [5, 5.41) is 9.40. The monoisotopic (exact) mass is 343 g/mol. The van der Waals surface area contributed by atoms with Crippen molar-refractivity contribution < 1.29 is 18.7 Å². The maximum absolute atomic E-state index is 8.81. The van der Waals surface area contributed by atoms with Crippen molar-refractivity contribution in [1.82, 2.24) is 0 Å². The van der Waals surface area contributed by atoms with Gasteiger partial charge in [-0.1, -0.05) is 15.9 Å². The lowest BCUT2D eigenvalue weighted by Gasteiger charge is -2.33. The van der Waals surface area contributed by atoms with Crippen molar-refractivity contribution in [2.24, 2.45) is 0 Å². The summed E-state index contributed by atoms with van der Waals surface area (Å²) in [6.45, 7) is 0. The van der Waals surface area contributed by atoms with E-state index in [9.17, 15) is 0 Å². The van der Waals surface area contributed by atoms with Crippen LogP contribution in [0.5, 0.6) is 28.7 Å². The van der Waals surface area contributed by atoms with Gasteiger partial charge in [-0.25, -0.2) is 0 Å². The number of alkyl halides is 1. The lowest BCUT2D eigenvalue weighted by atomic mass is 10.0. The first-order valence-electron chi connectivity index (χ1n) is 6.22. The zero-order valence-electron chi connectivity index (χ0n) is 10.6. The third-order valence-corrected chi connectivity index (χ3v) is 3.82. The molecular formula is C14H7BBrNO4. The molecule has 2 aromatic rings. The Morgan fingerprint density at radius 3 is 2.62 bits per heavy atom. The van der Waals surface area contributed by atoms with E-state index in [-0.39, 0.29) is 0 Å². The molecule has 0 saturated heterocycles. The molecule has 0 aliphatic carbocycles. The van der Waals surface area contributed by atoms with E-state index in [4.69, 9.17) is 24.0 Å². The summed E-state index contributed by atoms with van der Waals surface area (Å²) in [7, 11) is -0.730. The van der Waals surface area contributed by atoms with E-state index in [1.165, 1.54) is 0 Å². The molecule has 0 spiro atoms. The van der Waals surface area contributed by atoms with E-state index in [0.717, 1.165) is 11.3 Å². The van der Waals surface area contributed by atoms with Crippen molar-refractivity contribution in [3.63, 3.8) is 0 Å². The maximum atomic E-state index is 8.81. The molecule has 0 unspecified atom stereocenters. The number of benzene rings is 2. The largest absolute Gasteiger partial charge is 0.864 e. The van der Waals surface area contributed by atoms with Crippen molar-refractivity contribution in [1.29, 1.82) is 5.26 Å². The van der Waals surface area contributed by atoms with Crippen molar-refractivity contribution in [2.75, 3.05) is 0 Å². The molecule has 3 heterocycles. The molecule has 0 atom stereocenters. The van der Waals surface area contributed by atoms with Crippen LogP contribution in [-0.2, 0) is 5.33 Å². The van der Waals surface area contributed by atoms with Gasteiger partial charge in [0.15, 0.2) is 11.5 Å². The Hall–Kier alpha value is -2.33. The van der Waals surface area contributed by atoms with Gasteiger partial charge in [0.25, 0.3) is 0 Å². The van der Waals surface area contributed by atoms with E-state index in [1.807, 2.05) is 0 Å². The first-order chi connectivity index (χ1) is 10.3. The minimum atomic E-state index is -0.730. The fraction of sp³-hybridized carbons (Fsp3) is 0.0714. The van der Waals surface area contributed by atoms with Gasteiger partial charge in [0.2, 0.25) is 5.75 Å². The molecule has 21 heavy (non-hydrogen) atoms. The summed E-state index contributed by atoms with van der Waals surface area (Å²) in [5.41, 5.74) is 1.47. The highest BCUT2D eigenvalue weighted by molar-refractivity contribution is 9.08. The van der Waals surface area contributed by atoms with Crippen molar-refractivity contribution in [3.8, 4) is 34.8 Å². The average Bonchev–Trinajstić information content (AvgIpc) is 2.51. The molecule has 2 aromatic carbocycles. The minimum Gasteiger partial charge on any atom is -0.489 e. The van der Waals surface area contributed by atoms with Crippen LogP contribution in [-0.4, -0.2) is 7.32 Å².